The number of imidazole rings is 1. The van der Waals surface area contributed by atoms with Gasteiger partial charge < -0.3 is 15.2 Å². The van der Waals surface area contributed by atoms with Gasteiger partial charge in [0.2, 0.25) is 5.91 Å². The summed E-state index contributed by atoms with van der Waals surface area (Å²) in [6.07, 6.45) is 8.72. The number of H-pyrrole nitrogens is 2. The van der Waals surface area contributed by atoms with Gasteiger partial charge in [0.25, 0.3) is 0 Å². The molecular weight excluding hydrogens is 514 g/mol. The predicted octanol–water partition coefficient (Wildman–Crippen LogP) is 5.21. The fourth-order valence-electron chi connectivity index (χ4n) is 5.50. The summed E-state index contributed by atoms with van der Waals surface area (Å²) in [6, 6.07) is 14.3. The van der Waals surface area contributed by atoms with E-state index in [0.29, 0.717) is 22.8 Å². The number of rotatable bonds is 5. The fraction of sp³-hybridized carbons (Fsp3) is 0.226. The van der Waals surface area contributed by atoms with Gasteiger partial charge in [-0.15, -0.1) is 0 Å². The van der Waals surface area contributed by atoms with Gasteiger partial charge in [0, 0.05) is 41.2 Å². The Labute approximate surface area is 236 Å². The maximum absolute atomic E-state index is 12.9. The number of piperidine rings is 1. The summed E-state index contributed by atoms with van der Waals surface area (Å²) in [6.45, 7) is 3.95. The molecule has 0 aliphatic carbocycles. The number of aromatic amines is 2. The molecule has 1 saturated heterocycles. The van der Waals surface area contributed by atoms with Crippen molar-refractivity contribution in [2.45, 2.75) is 19.8 Å². The normalized spacial score (nSPS) is 14.6. The number of amides is 1. The molecule has 0 atom stereocenters. The Kier molecular flexibility index (Phi) is 6.24. The molecule has 0 bridgehead atoms. The maximum Gasteiger partial charge on any atom is 0.227 e. The van der Waals surface area contributed by atoms with E-state index in [4.69, 9.17) is 4.98 Å². The standard InChI is InChI=1S/C31H29N9O/c1-18-4-3-5-20(12-18)24-6-9-33-29-26(24)36-30(37-29)27-25-14-22(16-34-28(25)39-38-27)21-13-23(17-32-15-21)35-31(41)19-7-10-40(2)11-8-19/h3-6,9,12-17,19H,7-8,10-11H2,1-2H3,(H,35,41)(H,33,36,37)(H,34,38,39). The molecule has 0 unspecified atom stereocenters. The molecule has 7 rings (SSSR count). The monoisotopic (exact) mass is 543 g/mol. The van der Waals surface area contributed by atoms with Crippen molar-refractivity contribution < 1.29 is 4.79 Å². The van der Waals surface area contributed by atoms with Crippen LogP contribution < -0.4 is 5.32 Å². The molecule has 1 fully saturated rings. The average Bonchev–Trinajstić information content (AvgIpc) is 3.61. The molecule has 41 heavy (non-hydrogen) atoms. The second-order valence-corrected chi connectivity index (χ2v) is 10.7. The van der Waals surface area contributed by atoms with Crippen molar-refractivity contribution in [3.05, 3.63) is 72.8 Å². The maximum atomic E-state index is 12.9. The minimum atomic E-state index is 0.0195. The lowest BCUT2D eigenvalue weighted by atomic mass is 9.96. The summed E-state index contributed by atoms with van der Waals surface area (Å²) in [5.74, 6) is 0.698. The molecule has 0 radical (unpaired) electrons. The second kappa shape index (κ2) is 10.2. The Bertz CT molecular complexity index is 1900. The Morgan fingerprint density at radius 1 is 0.976 bits per heavy atom. The summed E-state index contributed by atoms with van der Waals surface area (Å²) < 4.78 is 0. The van der Waals surface area contributed by atoms with E-state index in [2.05, 4.69) is 72.5 Å². The highest BCUT2D eigenvalue weighted by Gasteiger charge is 2.23. The van der Waals surface area contributed by atoms with Crippen molar-refractivity contribution in [3.63, 3.8) is 0 Å². The third-order valence-corrected chi connectivity index (χ3v) is 7.80. The number of nitrogens with one attached hydrogen (secondary N) is 3. The van der Waals surface area contributed by atoms with Crippen molar-refractivity contribution >= 4 is 33.8 Å². The van der Waals surface area contributed by atoms with Crippen LogP contribution in [0.25, 0.3) is 56.0 Å². The molecule has 1 amide bonds. The van der Waals surface area contributed by atoms with Gasteiger partial charge in [0.15, 0.2) is 17.1 Å². The van der Waals surface area contributed by atoms with E-state index in [-0.39, 0.29) is 11.8 Å². The minimum Gasteiger partial charge on any atom is -0.335 e. The van der Waals surface area contributed by atoms with Crippen LogP contribution in [-0.2, 0) is 4.79 Å². The number of aromatic nitrogens is 7. The number of anilines is 1. The number of hydrogen-bond acceptors (Lipinski definition) is 7. The zero-order valence-corrected chi connectivity index (χ0v) is 22.8. The third kappa shape index (κ3) is 4.82. The lowest BCUT2D eigenvalue weighted by Gasteiger charge is -2.28. The van der Waals surface area contributed by atoms with Gasteiger partial charge >= 0.3 is 0 Å². The first-order valence-corrected chi connectivity index (χ1v) is 13.7. The first kappa shape index (κ1) is 25.0. The number of benzene rings is 1. The number of likely N-dealkylation sites (tertiary alicyclic amines) is 1. The Hall–Kier alpha value is -4.96. The first-order valence-electron chi connectivity index (χ1n) is 13.7. The zero-order valence-electron chi connectivity index (χ0n) is 22.8. The van der Waals surface area contributed by atoms with Gasteiger partial charge in [-0.2, -0.15) is 5.10 Å². The van der Waals surface area contributed by atoms with Crippen LogP contribution in [-0.4, -0.2) is 66.1 Å². The van der Waals surface area contributed by atoms with Crippen LogP contribution in [0.2, 0.25) is 0 Å². The lowest BCUT2D eigenvalue weighted by molar-refractivity contribution is -0.121. The Balaban J connectivity index is 1.21. The number of aryl methyl sites for hydroxylation is 1. The Morgan fingerprint density at radius 2 is 1.83 bits per heavy atom. The Morgan fingerprint density at radius 3 is 2.68 bits per heavy atom. The van der Waals surface area contributed by atoms with E-state index in [1.54, 1.807) is 24.8 Å². The van der Waals surface area contributed by atoms with E-state index >= 15 is 0 Å². The minimum absolute atomic E-state index is 0.0195. The molecule has 1 aliphatic rings. The molecule has 6 aromatic rings. The highest BCUT2D eigenvalue weighted by atomic mass is 16.1. The third-order valence-electron chi connectivity index (χ3n) is 7.80. The zero-order chi connectivity index (χ0) is 27.9. The smallest absolute Gasteiger partial charge is 0.227 e. The number of carbonyl (C=O) groups excluding carboxylic acids is 1. The fourth-order valence-corrected chi connectivity index (χ4v) is 5.50. The summed E-state index contributed by atoms with van der Waals surface area (Å²) in [4.78, 5) is 36.8. The number of nitrogens with zero attached hydrogens (tertiary/aromatic N) is 6. The lowest BCUT2D eigenvalue weighted by Crippen LogP contribution is -2.35. The average molecular weight is 544 g/mol. The first-order chi connectivity index (χ1) is 20.0. The number of hydrogen-bond donors (Lipinski definition) is 3. The van der Waals surface area contributed by atoms with E-state index in [1.165, 1.54) is 5.56 Å². The van der Waals surface area contributed by atoms with Gasteiger partial charge in [-0.25, -0.2) is 15.0 Å². The van der Waals surface area contributed by atoms with E-state index < -0.39 is 0 Å². The van der Waals surface area contributed by atoms with Crippen LogP contribution in [0.3, 0.4) is 0 Å². The van der Waals surface area contributed by atoms with Crippen LogP contribution >= 0.6 is 0 Å². The van der Waals surface area contributed by atoms with Gasteiger partial charge in [-0.3, -0.25) is 14.9 Å². The van der Waals surface area contributed by atoms with Gasteiger partial charge in [-0.1, -0.05) is 29.8 Å². The second-order valence-electron chi connectivity index (χ2n) is 10.7. The predicted molar refractivity (Wildman–Crippen MR) is 159 cm³/mol. The van der Waals surface area contributed by atoms with Crippen LogP contribution in [0.1, 0.15) is 18.4 Å². The quantitative estimate of drug-likeness (QED) is 0.272. The molecule has 1 aliphatic heterocycles. The molecule has 1 aromatic carbocycles. The molecule has 204 valence electrons. The van der Waals surface area contributed by atoms with Crippen LogP contribution in [0.15, 0.2) is 67.3 Å². The van der Waals surface area contributed by atoms with E-state index in [1.807, 2.05) is 24.3 Å². The van der Waals surface area contributed by atoms with E-state index in [0.717, 1.165) is 64.8 Å². The van der Waals surface area contributed by atoms with Crippen LogP contribution in [0.4, 0.5) is 5.69 Å². The number of pyridine rings is 3. The molecule has 0 saturated carbocycles. The molecule has 5 aromatic heterocycles. The molecular formula is C31H29N9O. The summed E-state index contributed by atoms with van der Waals surface area (Å²) in [5, 5.41) is 11.4. The van der Waals surface area contributed by atoms with Crippen molar-refractivity contribution in [1.82, 2.24) is 40.0 Å². The van der Waals surface area contributed by atoms with Crippen molar-refractivity contribution in [2.24, 2.45) is 5.92 Å². The van der Waals surface area contributed by atoms with E-state index in [9.17, 15) is 4.79 Å². The van der Waals surface area contributed by atoms with Crippen molar-refractivity contribution in [1.29, 1.82) is 0 Å². The summed E-state index contributed by atoms with van der Waals surface area (Å²) in [5.41, 5.74) is 8.49. The van der Waals surface area contributed by atoms with Crippen LogP contribution in [0.5, 0.6) is 0 Å². The number of carbonyl (C=O) groups is 1. The number of fused-ring (bicyclic) bond motifs is 2. The molecule has 10 nitrogen and oxygen atoms in total. The van der Waals surface area contributed by atoms with Crippen molar-refractivity contribution in [3.8, 4) is 33.8 Å². The van der Waals surface area contributed by atoms with Crippen molar-refractivity contribution in [2.75, 3.05) is 25.5 Å². The van der Waals surface area contributed by atoms with Crippen LogP contribution in [0, 0.1) is 12.8 Å². The largest absolute Gasteiger partial charge is 0.335 e. The summed E-state index contributed by atoms with van der Waals surface area (Å²) in [7, 11) is 2.09. The summed E-state index contributed by atoms with van der Waals surface area (Å²) >= 11 is 0. The molecule has 3 N–H and O–H groups in total. The topological polar surface area (TPSA) is 128 Å². The highest BCUT2D eigenvalue weighted by Crippen LogP contribution is 2.32. The highest BCUT2D eigenvalue weighted by molar-refractivity contribution is 5.97. The molecule has 10 heteroatoms. The van der Waals surface area contributed by atoms with Gasteiger partial charge in [-0.05, 0) is 63.7 Å². The van der Waals surface area contributed by atoms with Gasteiger partial charge in [0.1, 0.15) is 5.69 Å². The SMILES string of the molecule is Cc1cccc(-c2ccnc3nc(-c4[nH]nc5ncc(-c6cncc(NC(=O)C7CCN(C)CC7)c6)cc45)[nH]c23)c1. The van der Waals surface area contributed by atoms with Gasteiger partial charge in [0.05, 0.1) is 22.8 Å². The molecule has 0 spiro atoms. The molecule has 6 heterocycles.